The Balaban J connectivity index is 2.05. The molecule has 1 aliphatic rings. The first-order valence-electron chi connectivity index (χ1n) is 7.62. The van der Waals surface area contributed by atoms with Crippen LogP contribution in [0.1, 0.15) is 50.9 Å². The third-order valence-corrected chi connectivity index (χ3v) is 4.47. The van der Waals surface area contributed by atoms with Gasteiger partial charge in [0.15, 0.2) is 0 Å². The molecule has 0 unspecified atom stereocenters. The molecule has 1 fully saturated rings. The zero-order valence-electron chi connectivity index (χ0n) is 12.6. The Morgan fingerprint density at radius 3 is 2.43 bits per heavy atom. The van der Waals surface area contributed by atoms with E-state index in [2.05, 4.69) is 5.10 Å². The number of aliphatic hydroxyl groups is 1. The molecule has 0 spiro atoms. The number of aromatic nitrogens is 2. The first kappa shape index (κ1) is 16.3. The van der Waals surface area contributed by atoms with Gasteiger partial charge in [-0.3, -0.25) is 4.68 Å². The fraction of sp³-hybridized carbons (Fsp3) is 0.800. The zero-order valence-corrected chi connectivity index (χ0v) is 12.6. The minimum atomic E-state index is -4.14. The Kier molecular flexibility index (Phi) is 4.66. The highest BCUT2D eigenvalue weighted by Crippen LogP contribution is 2.42. The molecule has 120 valence electrons. The molecule has 1 aromatic heterocycles. The second kappa shape index (κ2) is 5.99. The van der Waals surface area contributed by atoms with Crippen molar-refractivity contribution >= 4 is 0 Å². The molecule has 2 rings (SSSR count). The van der Waals surface area contributed by atoms with Gasteiger partial charge in [0.1, 0.15) is 0 Å². The molecule has 0 amide bonds. The van der Waals surface area contributed by atoms with Crippen molar-refractivity contribution in [3.8, 4) is 0 Å². The highest BCUT2D eigenvalue weighted by molar-refractivity contribution is 5.13. The summed E-state index contributed by atoms with van der Waals surface area (Å²) in [5.74, 6) is -1.26. The van der Waals surface area contributed by atoms with E-state index >= 15 is 0 Å². The monoisotopic (exact) mass is 304 g/mol. The average Bonchev–Trinajstić information content (AvgIpc) is 2.79. The molecule has 1 aromatic rings. The van der Waals surface area contributed by atoms with Gasteiger partial charge in [0.05, 0.1) is 17.2 Å². The molecular formula is C15H23F3N2O. The van der Waals surface area contributed by atoms with Gasteiger partial charge in [-0.2, -0.15) is 18.3 Å². The van der Waals surface area contributed by atoms with Crippen molar-refractivity contribution in [3.05, 3.63) is 17.5 Å². The maximum absolute atomic E-state index is 12.7. The quantitative estimate of drug-likeness (QED) is 0.924. The van der Waals surface area contributed by atoms with Crippen LogP contribution in [0.15, 0.2) is 6.07 Å². The number of nitrogens with zero attached hydrogens (tertiary/aromatic N) is 2. The summed E-state index contributed by atoms with van der Waals surface area (Å²) in [5, 5.41) is 15.0. The lowest BCUT2D eigenvalue weighted by molar-refractivity contribution is -0.192. The van der Waals surface area contributed by atoms with Crippen molar-refractivity contribution in [3.63, 3.8) is 0 Å². The molecule has 6 heteroatoms. The van der Waals surface area contributed by atoms with Crippen molar-refractivity contribution in [1.82, 2.24) is 9.78 Å². The number of aryl methyl sites for hydroxylation is 2. The van der Waals surface area contributed by atoms with E-state index < -0.39 is 17.7 Å². The first-order chi connectivity index (χ1) is 9.77. The van der Waals surface area contributed by atoms with Crippen LogP contribution >= 0.6 is 0 Å². The normalized spacial score (nSPS) is 27.0. The summed E-state index contributed by atoms with van der Waals surface area (Å²) in [6, 6.07) is 1.96. The number of hydrogen-bond acceptors (Lipinski definition) is 2. The summed E-state index contributed by atoms with van der Waals surface area (Å²) in [4.78, 5) is 0. The SMILES string of the molecule is CCc1cc(CC2(O)CCC(C(F)(F)F)CC2)n(CC)n1. The van der Waals surface area contributed by atoms with Gasteiger partial charge in [-0.15, -0.1) is 0 Å². The van der Waals surface area contributed by atoms with E-state index in [1.165, 1.54) is 0 Å². The minimum Gasteiger partial charge on any atom is -0.389 e. The molecule has 0 radical (unpaired) electrons. The average molecular weight is 304 g/mol. The second-order valence-corrected chi connectivity index (χ2v) is 6.01. The molecule has 0 saturated heterocycles. The van der Waals surface area contributed by atoms with Crippen LogP contribution in [0.5, 0.6) is 0 Å². The van der Waals surface area contributed by atoms with Gasteiger partial charge in [0.25, 0.3) is 0 Å². The van der Waals surface area contributed by atoms with Crippen LogP contribution in [0.2, 0.25) is 0 Å². The van der Waals surface area contributed by atoms with Gasteiger partial charge in [-0.1, -0.05) is 6.92 Å². The van der Waals surface area contributed by atoms with E-state index in [4.69, 9.17) is 0 Å². The Bertz CT molecular complexity index is 474. The molecular weight excluding hydrogens is 281 g/mol. The van der Waals surface area contributed by atoms with Crippen LogP contribution in [0.4, 0.5) is 13.2 Å². The summed E-state index contributed by atoms with van der Waals surface area (Å²) >= 11 is 0. The highest BCUT2D eigenvalue weighted by Gasteiger charge is 2.45. The summed E-state index contributed by atoms with van der Waals surface area (Å²) in [6.07, 6.45) is -2.50. The molecule has 0 aromatic carbocycles. The van der Waals surface area contributed by atoms with Crippen molar-refractivity contribution in [2.45, 2.75) is 70.7 Å². The van der Waals surface area contributed by atoms with Gasteiger partial charge in [-0.25, -0.2) is 0 Å². The van der Waals surface area contributed by atoms with Crippen LogP contribution in [-0.4, -0.2) is 26.7 Å². The van der Waals surface area contributed by atoms with Gasteiger partial charge >= 0.3 is 6.18 Å². The Morgan fingerprint density at radius 2 is 1.95 bits per heavy atom. The summed E-state index contributed by atoms with van der Waals surface area (Å²) in [6.45, 7) is 4.69. The number of alkyl halides is 3. The Morgan fingerprint density at radius 1 is 1.33 bits per heavy atom. The van der Waals surface area contributed by atoms with Crippen molar-refractivity contribution in [2.24, 2.45) is 5.92 Å². The van der Waals surface area contributed by atoms with Gasteiger partial charge in [0.2, 0.25) is 0 Å². The van der Waals surface area contributed by atoms with Crippen LogP contribution in [0.25, 0.3) is 0 Å². The molecule has 0 aliphatic heterocycles. The summed E-state index contributed by atoms with van der Waals surface area (Å²) in [5.41, 5.74) is 0.849. The van der Waals surface area contributed by atoms with Gasteiger partial charge < -0.3 is 5.11 Å². The summed E-state index contributed by atoms with van der Waals surface area (Å²) < 4.78 is 39.9. The molecule has 3 nitrogen and oxygen atoms in total. The fourth-order valence-electron chi connectivity index (χ4n) is 3.10. The number of hydrogen-bond donors (Lipinski definition) is 1. The zero-order chi connectivity index (χ0) is 15.7. The largest absolute Gasteiger partial charge is 0.391 e. The highest BCUT2D eigenvalue weighted by atomic mass is 19.4. The Hall–Kier alpha value is -1.04. The standard InChI is InChI=1S/C15H23F3N2O/c1-3-12-9-13(20(4-2)19-12)10-14(21)7-5-11(6-8-14)15(16,17)18/h9,11,21H,3-8,10H2,1-2H3. The number of halogens is 3. The topological polar surface area (TPSA) is 38.0 Å². The van der Waals surface area contributed by atoms with E-state index in [9.17, 15) is 18.3 Å². The maximum Gasteiger partial charge on any atom is 0.391 e. The molecule has 1 aliphatic carbocycles. The molecule has 0 atom stereocenters. The third-order valence-electron chi connectivity index (χ3n) is 4.47. The van der Waals surface area contributed by atoms with Crippen LogP contribution < -0.4 is 0 Å². The molecule has 21 heavy (non-hydrogen) atoms. The van der Waals surface area contributed by atoms with Crippen molar-refractivity contribution in [2.75, 3.05) is 0 Å². The van der Waals surface area contributed by atoms with E-state index in [1.807, 2.05) is 24.6 Å². The lowest BCUT2D eigenvalue weighted by Crippen LogP contribution is -2.40. The molecule has 1 saturated carbocycles. The second-order valence-electron chi connectivity index (χ2n) is 6.01. The summed E-state index contributed by atoms with van der Waals surface area (Å²) in [7, 11) is 0. The van der Waals surface area contributed by atoms with Crippen LogP contribution in [-0.2, 0) is 19.4 Å². The van der Waals surface area contributed by atoms with E-state index in [-0.39, 0.29) is 25.7 Å². The van der Waals surface area contributed by atoms with E-state index in [1.54, 1.807) is 0 Å². The predicted octanol–water partition coefficient (Wildman–Crippen LogP) is 3.49. The van der Waals surface area contributed by atoms with E-state index in [0.717, 1.165) is 17.8 Å². The first-order valence-corrected chi connectivity index (χ1v) is 7.62. The smallest absolute Gasteiger partial charge is 0.389 e. The van der Waals surface area contributed by atoms with Gasteiger partial charge in [0, 0.05) is 18.7 Å². The lowest BCUT2D eigenvalue weighted by atomic mass is 9.76. The van der Waals surface area contributed by atoms with Crippen LogP contribution in [0.3, 0.4) is 0 Å². The predicted molar refractivity (Wildman–Crippen MR) is 73.9 cm³/mol. The van der Waals surface area contributed by atoms with Crippen molar-refractivity contribution < 1.29 is 18.3 Å². The fourth-order valence-corrected chi connectivity index (χ4v) is 3.10. The maximum atomic E-state index is 12.7. The Labute approximate surface area is 123 Å². The lowest BCUT2D eigenvalue weighted by Gasteiger charge is -2.36. The van der Waals surface area contributed by atoms with E-state index in [0.29, 0.717) is 13.0 Å². The molecule has 1 N–H and O–H groups in total. The molecule has 0 bridgehead atoms. The van der Waals surface area contributed by atoms with Crippen LogP contribution in [0, 0.1) is 5.92 Å². The minimum absolute atomic E-state index is 0.0148. The van der Waals surface area contributed by atoms with Crippen molar-refractivity contribution in [1.29, 1.82) is 0 Å². The molecule has 1 heterocycles. The van der Waals surface area contributed by atoms with Gasteiger partial charge in [-0.05, 0) is 45.1 Å². The third kappa shape index (κ3) is 3.78. The number of rotatable bonds is 4.